The third-order valence-electron chi connectivity index (χ3n) is 4.78. The summed E-state index contributed by atoms with van der Waals surface area (Å²) in [5.41, 5.74) is 1.27. The minimum absolute atomic E-state index is 0.0512. The first-order chi connectivity index (χ1) is 13.2. The molecule has 0 spiro atoms. The van der Waals surface area contributed by atoms with Crippen molar-refractivity contribution < 1.29 is 13.3 Å². The van der Waals surface area contributed by atoms with Gasteiger partial charge in [0.05, 0.1) is 20.7 Å². The van der Waals surface area contributed by atoms with Crippen molar-refractivity contribution in [2.45, 2.75) is 49.3 Å². The molecule has 0 aliphatic heterocycles. The molecule has 2 aromatic carbocycles. The van der Waals surface area contributed by atoms with E-state index in [1.807, 2.05) is 33.8 Å². The van der Waals surface area contributed by atoms with Gasteiger partial charge in [0.25, 0.3) is 5.69 Å². The predicted molar refractivity (Wildman–Crippen MR) is 108 cm³/mol. The molecule has 1 aromatic heterocycles. The van der Waals surface area contributed by atoms with Crippen molar-refractivity contribution in [2.75, 3.05) is 0 Å². The predicted octanol–water partition coefficient (Wildman–Crippen LogP) is 5.22. The topological polar surface area (TPSA) is 90.2 Å². The van der Waals surface area contributed by atoms with Crippen molar-refractivity contribution in [3.8, 4) is 0 Å². The van der Waals surface area contributed by atoms with Crippen LogP contribution in [0.2, 0.25) is 0 Å². The number of rotatable bonds is 5. The van der Waals surface area contributed by atoms with Crippen molar-refractivity contribution >= 4 is 26.4 Å². The lowest BCUT2D eigenvalue weighted by Crippen LogP contribution is -2.13. The molecule has 0 aliphatic rings. The highest BCUT2D eigenvalue weighted by Gasteiger charge is 2.34. The van der Waals surface area contributed by atoms with Gasteiger partial charge in [-0.25, -0.2) is 8.42 Å². The quantitative estimate of drug-likeness (QED) is 0.434. The van der Waals surface area contributed by atoms with E-state index in [4.69, 9.17) is 0 Å². The van der Waals surface area contributed by atoms with E-state index in [2.05, 4.69) is 4.98 Å². The van der Waals surface area contributed by atoms with Gasteiger partial charge in [-0.05, 0) is 47.2 Å². The summed E-state index contributed by atoms with van der Waals surface area (Å²) in [5.74, 6) is -0.102. The van der Waals surface area contributed by atoms with E-state index in [9.17, 15) is 18.5 Å². The fraction of sp³-hybridized carbons (Fsp3) is 0.286. The average molecular weight is 398 g/mol. The lowest BCUT2D eigenvalue weighted by Gasteiger charge is -2.20. The maximum absolute atomic E-state index is 13.7. The number of sulfone groups is 1. The first kappa shape index (κ1) is 19.9. The number of aromatic nitrogens is 1. The average Bonchev–Trinajstić information content (AvgIpc) is 2.66. The molecule has 1 heterocycles. The second-order valence-electron chi connectivity index (χ2n) is 7.32. The molecular formula is C21H22N2O4S. The van der Waals surface area contributed by atoms with Gasteiger partial charge in [-0.1, -0.05) is 45.9 Å². The highest BCUT2D eigenvalue weighted by Crippen LogP contribution is 2.40. The van der Waals surface area contributed by atoms with Crippen LogP contribution in [0, 0.1) is 10.1 Å². The summed E-state index contributed by atoms with van der Waals surface area (Å²) in [6.45, 7) is 7.66. The highest BCUT2D eigenvalue weighted by molar-refractivity contribution is 7.91. The fourth-order valence-electron chi connectivity index (χ4n) is 3.43. The Labute approximate surface area is 164 Å². The third kappa shape index (κ3) is 3.26. The minimum atomic E-state index is -4.13. The Morgan fingerprint density at radius 2 is 1.54 bits per heavy atom. The number of hydrogen-bond donors (Lipinski definition) is 0. The number of pyridine rings is 1. The molecule has 0 saturated heterocycles. The zero-order valence-corrected chi connectivity index (χ0v) is 17.0. The summed E-state index contributed by atoms with van der Waals surface area (Å²) in [6.07, 6.45) is 1.52. The van der Waals surface area contributed by atoms with Gasteiger partial charge in [-0.3, -0.25) is 15.1 Å². The summed E-state index contributed by atoms with van der Waals surface area (Å²) >= 11 is 0. The van der Waals surface area contributed by atoms with Crippen LogP contribution in [0.5, 0.6) is 0 Å². The van der Waals surface area contributed by atoms with Crippen molar-refractivity contribution in [2.24, 2.45) is 0 Å². The third-order valence-corrected chi connectivity index (χ3v) is 6.70. The molecule has 0 aliphatic carbocycles. The molecular weight excluding hydrogens is 376 g/mol. The van der Waals surface area contributed by atoms with E-state index in [1.54, 1.807) is 18.2 Å². The van der Waals surface area contributed by atoms with E-state index in [0.717, 1.165) is 0 Å². The molecule has 0 fully saturated rings. The second kappa shape index (κ2) is 7.31. The van der Waals surface area contributed by atoms with Crippen molar-refractivity contribution in [1.82, 2.24) is 4.98 Å². The molecule has 28 heavy (non-hydrogen) atoms. The van der Waals surface area contributed by atoms with Crippen molar-refractivity contribution in [3.63, 3.8) is 0 Å². The van der Waals surface area contributed by atoms with Gasteiger partial charge in [0.1, 0.15) is 4.90 Å². The first-order valence-corrected chi connectivity index (χ1v) is 10.5. The molecule has 0 unspecified atom stereocenters. The standard InChI is InChI=1S/C21H22N2O4S/c1-13(2)15-7-5-8-16(14(3)4)21(15)28(26,27)19-11-10-18-17(9-6-12-22-18)20(19)23(24)25/h5-14H,1-4H3. The number of hydrogen-bond acceptors (Lipinski definition) is 5. The lowest BCUT2D eigenvalue weighted by molar-refractivity contribution is -0.386. The van der Waals surface area contributed by atoms with Gasteiger partial charge in [-0.15, -0.1) is 0 Å². The summed E-state index contributed by atoms with van der Waals surface area (Å²) < 4.78 is 27.5. The second-order valence-corrected chi connectivity index (χ2v) is 9.17. The van der Waals surface area contributed by atoms with Crippen LogP contribution in [-0.2, 0) is 9.84 Å². The number of benzene rings is 2. The van der Waals surface area contributed by atoms with Crippen molar-refractivity contribution in [3.05, 3.63) is 69.9 Å². The van der Waals surface area contributed by atoms with Gasteiger partial charge < -0.3 is 0 Å². The molecule has 0 N–H and O–H groups in total. The molecule has 6 nitrogen and oxygen atoms in total. The Morgan fingerprint density at radius 3 is 2.07 bits per heavy atom. The van der Waals surface area contributed by atoms with Gasteiger partial charge >= 0.3 is 0 Å². The van der Waals surface area contributed by atoms with Crippen LogP contribution in [0.1, 0.15) is 50.7 Å². The van der Waals surface area contributed by atoms with Crippen LogP contribution in [0.15, 0.2) is 58.5 Å². The van der Waals surface area contributed by atoms with Crippen LogP contribution in [-0.4, -0.2) is 18.3 Å². The molecule has 0 atom stereocenters. The number of nitro groups is 1. The molecule has 0 radical (unpaired) electrons. The largest absolute Gasteiger partial charge is 0.297 e. The molecule has 0 bridgehead atoms. The van der Waals surface area contributed by atoms with Crippen LogP contribution in [0.3, 0.4) is 0 Å². The SMILES string of the molecule is CC(C)c1cccc(C(C)C)c1S(=O)(=O)c1ccc2ncccc2c1[N+](=O)[O-]. The van der Waals surface area contributed by atoms with Crippen LogP contribution < -0.4 is 0 Å². The van der Waals surface area contributed by atoms with Crippen LogP contribution >= 0.6 is 0 Å². The van der Waals surface area contributed by atoms with E-state index in [1.165, 1.54) is 24.4 Å². The zero-order chi connectivity index (χ0) is 20.6. The fourth-order valence-corrected chi connectivity index (χ4v) is 5.56. The summed E-state index contributed by atoms with van der Waals surface area (Å²) in [6, 6.07) is 11.3. The van der Waals surface area contributed by atoms with E-state index in [-0.39, 0.29) is 27.0 Å². The summed E-state index contributed by atoms with van der Waals surface area (Å²) in [5, 5.41) is 12.1. The molecule has 0 amide bonds. The van der Waals surface area contributed by atoms with Gasteiger partial charge in [-0.2, -0.15) is 0 Å². The normalized spacial score (nSPS) is 12.1. The molecule has 0 saturated carbocycles. The molecule has 3 aromatic rings. The maximum Gasteiger partial charge on any atom is 0.297 e. The maximum atomic E-state index is 13.7. The van der Waals surface area contributed by atoms with Gasteiger partial charge in [0.15, 0.2) is 0 Å². The van der Waals surface area contributed by atoms with E-state index >= 15 is 0 Å². The van der Waals surface area contributed by atoms with Crippen LogP contribution in [0.4, 0.5) is 5.69 Å². The minimum Gasteiger partial charge on any atom is -0.258 e. The van der Waals surface area contributed by atoms with Gasteiger partial charge in [0, 0.05) is 6.20 Å². The Hall–Kier alpha value is -2.80. The Morgan fingerprint density at radius 1 is 0.929 bits per heavy atom. The van der Waals surface area contributed by atoms with Gasteiger partial charge in [0.2, 0.25) is 9.84 Å². The summed E-state index contributed by atoms with van der Waals surface area (Å²) in [7, 11) is -4.13. The molecule has 3 rings (SSSR count). The van der Waals surface area contributed by atoms with Crippen molar-refractivity contribution in [1.29, 1.82) is 0 Å². The Bertz CT molecular complexity index is 1140. The summed E-state index contributed by atoms with van der Waals surface area (Å²) in [4.78, 5) is 15.2. The number of nitrogens with zero attached hydrogens (tertiary/aromatic N) is 2. The Balaban J connectivity index is 2.44. The molecule has 7 heteroatoms. The number of fused-ring (bicyclic) bond motifs is 1. The van der Waals surface area contributed by atoms with E-state index in [0.29, 0.717) is 16.6 Å². The highest BCUT2D eigenvalue weighted by atomic mass is 32.2. The monoisotopic (exact) mass is 398 g/mol. The molecule has 146 valence electrons. The number of nitro benzene ring substituents is 1. The smallest absolute Gasteiger partial charge is 0.258 e. The first-order valence-electron chi connectivity index (χ1n) is 9.06. The zero-order valence-electron chi connectivity index (χ0n) is 16.2. The van der Waals surface area contributed by atoms with Crippen LogP contribution in [0.25, 0.3) is 10.9 Å². The Kier molecular flexibility index (Phi) is 5.21. The lowest BCUT2D eigenvalue weighted by atomic mass is 9.95. The van der Waals surface area contributed by atoms with E-state index < -0.39 is 20.4 Å².